The van der Waals surface area contributed by atoms with Crippen LogP contribution in [0.15, 0.2) is 42.5 Å². The molecule has 2 heterocycles. The van der Waals surface area contributed by atoms with Crippen molar-refractivity contribution in [3.05, 3.63) is 59.4 Å². The number of aryl methyl sites for hydroxylation is 1. The van der Waals surface area contributed by atoms with Crippen molar-refractivity contribution >= 4 is 29.4 Å². The molecule has 0 aromatic heterocycles. The van der Waals surface area contributed by atoms with Crippen LogP contribution in [0.4, 0.5) is 14.9 Å². The van der Waals surface area contributed by atoms with Gasteiger partial charge in [-0.15, -0.1) is 0 Å². The highest BCUT2D eigenvalue weighted by atomic mass is 19.1. The number of amides is 5. The molecule has 1 atom stereocenters. The summed E-state index contributed by atoms with van der Waals surface area (Å²) in [5, 5.41) is 2.71. The standard InChI is InChI=1S/C29H35FN4O5/c1-6-39-21-10-8-20(9-11-21)34-28(38)32(5)27(37)29(34)13-15-33(16-14-29)26(36)24(18(2)3)31-25(35)22-17-19(4)7-12-23(22)30/h7-12,17-18,24H,6,13-16H2,1-5H3,(H,31,35)/t24-/m1/s1. The molecule has 5 amide bonds. The number of likely N-dealkylation sites (N-methyl/N-ethyl adjacent to an activating group) is 1. The normalized spacial score (nSPS) is 17.7. The molecule has 9 nitrogen and oxygen atoms in total. The molecule has 10 heteroatoms. The van der Waals surface area contributed by atoms with E-state index in [1.165, 1.54) is 24.1 Å². The zero-order valence-electron chi connectivity index (χ0n) is 23.0. The van der Waals surface area contributed by atoms with E-state index >= 15 is 0 Å². The number of carbonyl (C=O) groups is 4. The molecule has 0 saturated carbocycles. The summed E-state index contributed by atoms with van der Waals surface area (Å²) in [7, 11) is 1.47. The lowest BCUT2D eigenvalue weighted by atomic mass is 9.85. The number of nitrogens with one attached hydrogen (secondary N) is 1. The third-order valence-corrected chi connectivity index (χ3v) is 7.50. The van der Waals surface area contributed by atoms with Crippen molar-refractivity contribution in [2.45, 2.75) is 52.1 Å². The Bertz CT molecular complexity index is 1270. The Hall–Kier alpha value is -3.95. The van der Waals surface area contributed by atoms with Gasteiger partial charge in [-0.1, -0.05) is 25.5 Å². The van der Waals surface area contributed by atoms with Crippen LogP contribution in [0, 0.1) is 18.7 Å². The third-order valence-electron chi connectivity index (χ3n) is 7.50. The summed E-state index contributed by atoms with van der Waals surface area (Å²) in [6, 6.07) is 9.98. The fraction of sp³-hybridized carbons (Fsp3) is 0.448. The molecule has 2 aliphatic heterocycles. The Labute approximate surface area is 227 Å². The molecule has 0 aliphatic carbocycles. The Morgan fingerprint density at radius 2 is 1.72 bits per heavy atom. The van der Waals surface area contributed by atoms with Gasteiger partial charge in [0.1, 0.15) is 23.1 Å². The van der Waals surface area contributed by atoms with E-state index in [9.17, 15) is 23.6 Å². The molecule has 4 rings (SSSR count). The van der Waals surface area contributed by atoms with Crippen molar-refractivity contribution < 1.29 is 28.3 Å². The molecule has 0 bridgehead atoms. The van der Waals surface area contributed by atoms with Gasteiger partial charge in [-0.3, -0.25) is 24.2 Å². The number of imide groups is 1. The van der Waals surface area contributed by atoms with Gasteiger partial charge in [0.2, 0.25) is 5.91 Å². The van der Waals surface area contributed by atoms with Gasteiger partial charge < -0.3 is 15.0 Å². The number of anilines is 1. The Morgan fingerprint density at radius 1 is 1.08 bits per heavy atom. The summed E-state index contributed by atoms with van der Waals surface area (Å²) in [5.41, 5.74) is 0.0773. The van der Waals surface area contributed by atoms with Gasteiger partial charge in [0.15, 0.2) is 0 Å². The number of benzene rings is 2. The second-order valence-corrected chi connectivity index (χ2v) is 10.4. The van der Waals surface area contributed by atoms with Gasteiger partial charge in [0, 0.05) is 25.8 Å². The van der Waals surface area contributed by atoms with Crippen LogP contribution in [0.3, 0.4) is 0 Å². The fourth-order valence-electron chi connectivity index (χ4n) is 5.32. The van der Waals surface area contributed by atoms with Gasteiger partial charge >= 0.3 is 6.03 Å². The molecule has 2 aliphatic rings. The predicted molar refractivity (Wildman–Crippen MR) is 144 cm³/mol. The van der Waals surface area contributed by atoms with E-state index in [1.807, 2.05) is 20.8 Å². The van der Waals surface area contributed by atoms with E-state index in [0.717, 1.165) is 10.5 Å². The monoisotopic (exact) mass is 538 g/mol. The highest BCUT2D eigenvalue weighted by Gasteiger charge is 2.58. The maximum atomic E-state index is 14.3. The van der Waals surface area contributed by atoms with Crippen molar-refractivity contribution in [2.24, 2.45) is 5.92 Å². The summed E-state index contributed by atoms with van der Waals surface area (Å²) >= 11 is 0. The SMILES string of the molecule is CCOc1ccc(N2C(=O)N(C)C(=O)C23CCN(C(=O)[C@H](NC(=O)c2cc(C)ccc2F)C(C)C)CC3)cc1. The Morgan fingerprint density at radius 3 is 2.31 bits per heavy atom. The second kappa shape index (κ2) is 11.0. The average Bonchev–Trinajstić information content (AvgIpc) is 3.09. The molecule has 2 saturated heterocycles. The first-order valence-electron chi connectivity index (χ1n) is 13.2. The number of hydrogen-bond acceptors (Lipinski definition) is 5. The molecule has 208 valence electrons. The van der Waals surface area contributed by atoms with Crippen molar-refractivity contribution in [1.82, 2.24) is 15.1 Å². The van der Waals surface area contributed by atoms with Gasteiger partial charge in [0.25, 0.3) is 11.8 Å². The number of halogens is 1. The first-order chi connectivity index (χ1) is 18.5. The highest BCUT2D eigenvalue weighted by Crippen LogP contribution is 2.40. The number of rotatable bonds is 7. The van der Waals surface area contributed by atoms with E-state index < -0.39 is 29.3 Å². The minimum Gasteiger partial charge on any atom is -0.494 e. The van der Waals surface area contributed by atoms with E-state index in [2.05, 4.69) is 5.32 Å². The number of nitrogens with zero attached hydrogens (tertiary/aromatic N) is 3. The van der Waals surface area contributed by atoms with Crippen molar-refractivity contribution in [3.8, 4) is 5.75 Å². The van der Waals surface area contributed by atoms with Gasteiger partial charge in [0.05, 0.1) is 12.2 Å². The first-order valence-corrected chi connectivity index (χ1v) is 13.2. The Kier molecular flexibility index (Phi) is 7.94. The molecular weight excluding hydrogens is 503 g/mol. The smallest absolute Gasteiger partial charge is 0.331 e. The second-order valence-electron chi connectivity index (χ2n) is 10.4. The van der Waals surface area contributed by atoms with E-state index in [0.29, 0.717) is 18.0 Å². The summed E-state index contributed by atoms with van der Waals surface area (Å²) in [4.78, 5) is 57.2. The summed E-state index contributed by atoms with van der Waals surface area (Å²) in [6.45, 7) is 8.20. The summed E-state index contributed by atoms with van der Waals surface area (Å²) in [5.74, 6) is -1.52. The molecule has 0 radical (unpaired) electrons. The van der Waals surface area contributed by atoms with Crippen LogP contribution in [0.2, 0.25) is 0 Å². The van der Waals surface area contributed by atoms with Crippen LogP contribution >= 0.6 is 0 Å². The number of piperidine rings is 1. The molecule has 2 aromatic carbocycles. The summed E-state index contributed by atoms with van der Waals surface area (Å²) in [6.07, 6.45) is 0.484. The topological polar surface area (TPSA) is 99.3 Å². The van der Waals surface area contributed by atoms with E-state index in [4.69, 9.17) is 4.74 Å². The van der Waals surface area contributed by atoms with Crippen molar-refractivity contribution in [2.75, 3.05) is 31.6 Å². The number of carbonyl (C=O) groups excluding carboxylic acids is 4. The molecule has 2 fully saturated rings. The lowest BCUT2D eigenvalue weighted by molar-refractivity contribution is -0.139. The van der Waals surface area contributed by atoms with E-state index in [-0.39, 0.29) is 49.2 Å². The lowest BCUT2D eigenvalue weighted by Gasteiger charge is -2.43. The molecule has 0 unspecified atom stereocenters. The van der Waals surface area contributed by atoms with Crippen molar-refractivity contribution in [1.29, 1.82) is 0 Å². The lowest BCUT2D eigenvalue weighted by Crippen LogP contribution is -2.60. The third kappa shape index (κ3) is 5.20. The van der Waals surface area contributed by atoms with Crippen LogP contribution in [-0.4, -0.2) is 71.9 Å². The maximum Gasteiger partial charge on any atom is 0.331 e. The highest BCUT2D eigenvalue weighted by molar-refractivity contribution is 6.16. The van der Waals surface area contributed by atoms with Crippen LogP contribution in [0.1, 0.15) is 49.5 Å². The molecular formula is C29H35FN4O5. The zero-order chi connectivity index (χ0) is 28.5. The van der Waals surface area contributed by atoms with E-state index in [1.54, 1.807) is 42.2 Å². The number of ether oxygens (including phenoxy) is 1. The van der Waals surface area contributed by atoms with Crippen LogP contribution < -0.4 is 15.0 Å². The molecule has 1 N–H and O–H groups in total. The number of likely N-dealkylation sites (tertiary alicyclic amines) is 1. The number of hydrogen-bond donors (Lipinski definition) is 1. The fourth-order valence-corrected chi connectivity index (χ4v) is 5.32. The average molecular weight is 539 g/mol. The zero-order valence-corrected chi connectivity index (χ0v) is 23.0. The Balaban J connectivity index is 1.52. The van der Waals surface area contributed by atoms with Crippen LogP contribution in [0.5, 0.6) is 5.75 Å². The van der Waals surface area contributed by atoms with Gasteiger partial charge in [-0.2, -0.15) is 0 Å². The predicted octanol–water partition coefficient (Wildman–Crippen LogP) is 3.75. The van der Waals surface area contributed by atoms with Gasteiger partial charge in [-0.05, 0) is 69.0 Å². The van der Waals surface area contributed by atoms with Crippen LogP contribution in [-0.2, 0) is 9.59 Å². The quantitative estimate of drug-likeness (QED) is 0.542. The van der Waals surface area contributed by atoms with Crippen LogP contribution in [0.25, 0.3) is 0 Å². The minimum absolute atomic E-state index is 0.116. The molecule has 1 spiro atoms. The molecule has 2 aromatic rings. The first kappa shape index (κ1) is 28.1. The minimum atomic E-state index is -1.11. The van der Waals surface area contributed by atoms with Gasteiger partial charge in [-0.25, -0.2) is 9.18 Å². The maximum absolute atomic E-state index is 14.3. The molecule has 39 heavy (non-hydrogen) atoms. The summed E-state index contributed by atoms with van der Waals surface area (Å²) < 4.78 is 19.8. The van der Waals surface area contributed by atoms with Crippen molar-refractivity contribution in [3.63, 3.8) is 0 Å². The largest absolute Gasteiger partial charge is 0.494 e. The number of urea groups is 1.